The molecule has 2 aromatic carbocycles. The third-order valence-corrected chi connectivity index (χ3v) is 5.36. The van der Waals surface area contributed by atoms with Crippen LogP contribution in [0.4, 0.5) is 19.0 Å². The number of primary amides is 1. The normalized spacial score (nSPS) is 15.8. The van der Waals surface area contributed by atoms with Crippen molar-refractivity contribution in [1.29, 1.82) is 0 Å². The largest absolute Gasteiger partial charge is 0.488 e. The van der Waals surface area contributed by atoms with Crippen molar-refractivity contribution < 1.29 is 27.5 Å². The number of benzene rings is 2. The van der Waals surface area contributed by atoms with Gasteiger partial charge >= 0.3 is 6.18 Å². The lowest BCUT2D eigenvalue weighted by Gasteiger charge is -2.24. The summed E-state index contributed by atoms with van der Waals surface area (Å²) in [6.07, 6.45) is -2.80. The van der Waals surface area contributed by atoms with Crippen LogP contribution in [0.5, 0.6) is 5.75 Å². The van der Waals surface area contributed by atoms with Crippen LogP contribution in [0.15, 0.2) is 42.6 Å². The molecule has 0 radical (unpaired) electrons. The molecule has 32 heavy (non-hydrogen) atoms. The van der Waals surface area contributed by atoms with Crippen molar-refractivity contribution in [1.82, 2.24) is 10.2 Å². The smallest absolute Gasteiger partial charge is 0.416 e. The summed E-state index contributed by atoms with van der Waals surface area (Å²) in [6, 6.07) is 8.32. The Kier molecular flexibility index (Phi) is 5.37. The van der Waals surface area contributed by atoms with E-state index in [0.717, 1.165) is 11.6 Å². The molecule has 1 aromatic heterocycles. The first-order valence-corrected chi connectivity index (χ1v) is 9.70. The van der Waals surface area contributed by atoms with E-state index in [1.807, 2.05) is 0 Å². The van der Waals surface area contributed by atoms with Gasteiger partial charge in [-0.25, -0.2) is 0 Å². The second-order valence-corrected chi connectivity index (χ2v) is 7.53. The van der Waals surface area contributed by atoms with Gasteiger partial charge in [0.25, 0.3) is 5.91 Å². The number of hydrogen-bond acceptors (Lipinski definition) is 4. The van der Waals surface area contributed by atoms with E-state index >= 15 is 0 Å². The SMILES string of the molecule is Cc1cc(C2CC(=O)Nc3[nH]ncc32)cc(C(N)=O)c1OCc1ccccc1C(F)(F)F. The molecule has 0 spiro atoms. The molecule has 0 saturated heterocycles. The summed E-state index contributed by atoms with van der Waals surface area (Å²) in [4.78, 5) is 24.3. The van der Waals surface area contributed by atoms with Crippen LogP contribution >= 0.6 is 0 Å². The van der Waals surface area contributed by atoms with E-state index < -0.39 is 24.3 Å². The van der Waals surface area contributed by atoms with Gasteiger partial charge in [-0.3, -0.25) is 14.7 Å². The fourth-order valence-corrected chi connectivity index (χ4v) is 3.89. The Hall–Kier alpha value is -3.82. The van der Waals surface area contributed by atoms with Crippen molar-refractivity contribution in [2.24, 2.45) is 5.73 Å². The highest BCUT2D eigenvalue weighted by molar-refractivity contribution is 5.97. The molecule has 1 unspecified atom stereocenters. The summed E-state index contributed by atoms with van der Waals surface area (Å²) < 4.78 is 45.5. The van der Waals surface area contributed by atoms with E-state index in [1.165, 1.54) is 24.3 Å². The number of halogens is 3. The Morgan fingerprint density at radius 1 is 1.28 bits per heavy atom. The summed E-state index contributed by atoms with van der Waals surface area (Å²) >= 11 is 0. The van der Waals surface area contributed by atoms with Crippen LogP contribution in [0.3, 0.4) is 0 Å². The Balaban J connectivity index is 1.69. The van der Waals surface area contributed by atoms with Crippen molar-refractivity contribution in [2.75, 3.05) is 5.32 Å². The Morgan fingerprint density at radius 2 is 2.03 bits per heavy atom. The monoisotopic (exact) mass is 444 g/mol. The number of fused-ring (bicyclic) bond motifs is 1. The number of carbonyl (C=O) groups is 2. The molecule has 10 heteroatoms. The zero-order chi connectivity index (χ0) is 23.0. The fraction of sp³-hybridized carbons (Fsp3) is 0.227. The van der Waals surface area contributed by atoms with Crippen LogP contribution in [0.2, 0.25) is 0 Å². The number of amides is 2. The zero-order valence-electron chi connectivity index (χ0n) is 16.9. The van der Waals surface area contributed by atoms with Gasteiger partial charge in [0.2, 0.25) is 5.91 Å². The molecule has 4 rings (SSSR count). The highest BCUT2D eigenvalue weighted by Gasteiger charge is 2.33. The van der Waals surface area contributed by atoms with Crippen molar-refractivity contribution >= 4 is 17.6 Å². The van der Waals surface area contributed by atoms with Crippen molar-refractivity contribution in [2.45, 2.75) is 32.0 Å². The third kappa shape index (κ3) is 4.03. The van der Waals surface area contributed by atoms with Crippen molar-refractivity contribution in [3.8, 4) is 5.75 Å². The van der Waals surface area contributed by atoms with E-state index in [4.69, 9.17) is 10.5 Å². The molecular weight excluding hydrogens is 425 g/mol. The molecule has 0 saturated carbocycles. The number of ether oxygens (including phenoxy) is 1. The number of nitrogens with zero attached hydrogens (tertiary/aromatic N) is 1. The molecular formula is C22H19F3N4O3. The minimum atomic E-state index is -4.53. The van der Waals surface area contributed by atoms with E-state index in [0.29, 0.717) is 16.9 Å². The van der Waals surface area contributed by atoms with Gasteiger partial charge in [0, 0.05) is 23.5 Å². The fourth-order valence-electron chi connectivity index (χ4n) is 3.89. The van der Waals surface area contributed by atoms with Gasteiger partial charge in [-0.15, -0.1) is 0 Å². The number of H-pyrrole nitrogens is 1. The number of aryl methyl sites for hydroxylation is 1. The first-order chi connectivity index (χ1) is 15.1. The second kappa shape index (κ2) is 8.03. The predicted molar refractivity (Wildman–Crippen MR) is 109 cm³/mol. The standard InChI is InChI=1S/C22H19F3N4O3/c1-11-6-13(14-8-18(30)28-21-16(14)9-27-29-21)7-15(20(26)31)19(11)32-10-12-4-2-3-5-17(12)22(23,24)25/h2-7,9,14H,8,10H2,1H3,(H2,26,31)(H2,27,28,29,30). The molecule has 0 fully saturated rings. The van der Waals surface area contributed by atoms with Gasteiger partial charge in [-0.2, -0.15) is 18.3 Å². The van der Waals surface area contributed by atoms with Gasteiger partial charge in [0.15, 0.2) is 0 Å². The Bertz CT molecular complexity index is 1200. The highest BCUT2D eigenvalue weighted by Crippen LogP contribution is 2.39. The minimum Gasteiger partial charge on any atom is -0.488 e. The van der Waals surface area contributed by atoms with Crippen LogP contribution < -0.4 is 15.8 Å². The lowest BCUT2D eigenvalue weighted by Crippen LogP contribution is -2.23. The number of anilines is 1. The number of nitrogens with one attached hydrogen (secondary N) is 2. The van der Waals surface area contributed by atoms with Crippen LogP contribution in [-0.2, 0) is 17.6 Å². The molecule has 0 bridgehead atoms. The summed E-state index contributed by atoms with van der Waals surface area (Å²) in [6.45, 7) is 1.27. The first-order valence-electron chi connectivity index (χ1n) is 9.70. The van der Waals surface area contributed by atoms with Crippen LogP contribution in [0.1, 0.15) is 50.5 Å². The predicted octanol–water partition coefficient (Wildman–Crippen LogP) is 3.89. The van der Waals surface area contributed by atoms with E-state index in [2.05, 4.69) is 15.5 Å². The van der Waals surface area contributed by atoms with Gasteiger partial charge in [-0.05, 0) is 30.2 Å². The van der Waals surface area contributed by atoms with E-state index in [1.54, 1.807) is 19.2 Å². The van der Waals surface area contributed by atoms with Gasteiger partial charge < -0.3 is 15.8 Å². The molecule has 0 aliphatic carbocycles. The quantitative estimate of drug-likeness (QED) is 0.555. The number of aromatic amines is 1. The number of alkyl halides is 3. The number of rotatable bonds is 5. The third-order valence-electron chi connectivity index (χ3n) is 5.36. The van der Waals surface area contributed by atoms with Crippen LogP contribution in [0.25, 0.3) is 0 Å². The van der Waals surface area contributed by atoms with Gasteiger partial charge in [-0.1, -0.05) is 24.3 Å². The molecule has 3 aromatic rings. The zero-order valence-corrected chi connectivity index (χ0v) is 16.9. The van der Waals surface area contributed by atoms with Gasteiger partial charge in [0.05, 0.1) is 17.3 Å². The topological polar surface area (TPSA) is 110 Å². The number of nitrogens with two attached hydrogens (primary N) is 1. The summed E-state index contributed by atoms with van der Waals surface area (Å²) in [5.74, 6) is -0.787. The maximum Gasteiger partial charge on any atom is 0.416 e. The van der Waals surface area contributed by atoms with E-state index in [-0.39, 0.29) is 35.1 Å². The number of aromatic nitrogens is 2. The lowest BCUT2D eigenvalue weighted by molar-refractivity contribution is -0.138. The molecule has 7 nitrogen and oxygen atoms in total. The number of carbonyl (C=O) groups excluding carboxylic acids is 2. The van der Waals surface area contributed by atoms with Crippen molar-refractivity contribution in [3.05, 3.63) is 76.0 Å². The average molecular weight is 444 g/mol. The molecule has 2 heterocycles. The second-order valence-electron chi connectivity index (χ2n) is 7.53. The molecule has 1 atom stereocenters. The lowest BCUT2D eigenvalue weighted by atomic mass is 9.85. The molecule has 1 aliphatic rings. The van der Waals surface area contributed by atoms with Gasteiger partial charge in [0.1, 0.15) is 18.2 Å². The molecule has 4 N–H and O–H groups in total. The van der Waals surface area contributed by atoms with Crippen molar-refractivity contribution in [3.63, 3.8) is 0 Å². The summed E-state index contributed by atoms with van der Waals surface area (Å²) in [7, 11) is 0. The summed E-state index contributed by atoms with van der Waals surface area (Å²) in [5, 5.41) is 9.37. The molecule has 1 aliphatic heterocycles. The molecule has 2 amide bonds. The van der Waals surface area contributed by atoms with Crippen LogP contribution in [-0.4, -0.2) is 22.0 Å². The first kappa shape index (κ1) is 21.4. The van der Waals surface area contributed by atoms with E-state index in [9.17, 15) is 22.8 Å². The maximum atomic E-state index is 13.3. The minimum absolute atomic E-state index is 0.0283. The summed E-state index contributed by atoms with van der Waals surface area (Å²) in [5.41, 5.74) is 6.63. The van der Waals surface area contributed by atoms with Crippen LogP contribution in [0, 0.1) is 6.92 Å². The maximum absolute atomic E-state index is 13.3. The molecule has 166 valence electrons. The average Bonchev–Trinajstić information content (AvgIpc) is 3.19. The Morgan fingerprint density at radius 3 is 2.75 bits per heavy atom. The Labute approximate surface area is 180 Å². The number of hydrogen-bond donors (Lipinski definition) is 3. The highest BCUT2D eigenvalue weighted by atomic mass is 19.4.